The summed E-state index contributed by atoms with van der Waals surface area (Å²) in [5, 5.41) is 3.37. The van der Waals surface area contributed by atoms with Crippen LogP contribution in [-0.4, -0.2) is 12.1 Å². The molecule has 7 heavy (non-hydrogen) atoms. The number of nitrogens with zero attached hydrogens (tertiary/aromatic N) is 3. The molecule has 0 bridgehead atoms. The maximum atomic E-state index is 7.80. The van der Waals surface area contributed by atoms with Crippen LogP contribution < -0.4 is 5.73 Å². The van der Waals surface area contributed by atoms with E-state index in [4.69, 9.17) is 11.3 Å². The van der Waals surface area contributed by atoms with Gasteiger partial charge < -0.3 is 5.73 Å². The van der Waals surface area contributed by atoms with Crippen molar-refractivity contribution in [2.24, 2.45) is 10.8 Å². The van der Waals surface area contributed by atoms with Crippen LogP contribution >= 0.6 is 0 Å². The second-order valence-electron chi connectivity index (χ2n) is 1.67. The molecule has 0 amide bonds. The fourth-order valence-electron chi connectivity index (χ4n) is 0.399. The highest BCUT2D eigenvalue weighted by Crippen LogP contribution is 2.21. The molecule has 0 aromatic carbocycles. The van der Waals surface area contributed by atoms with E-state index in [9.17, 15) is 0 Å². The highest BCUT2D eigenvalue weighted by molar-refractivity contribution is 4.96. The molecular weight excluding hydrogens is 92.1 g/mol. The SMILES string of the molecule is [N-]=[N+]=N[C@@H]1C[C@@H]1N. The highest BCUT2D eigenvalue weighted by Gasteiger charge is 2.31. The Morgan fingerprint density at radius 1 is 1.86 bits per heavy atom. The Hall–Kier alpha value is -0.730. The predicted octanol–water partition coefficient (Wildman–Crippen LogP) is 0.396. The Kier molecular flexibility index (Phi) is 0.889. The Labute approximate surface area is 40.9 Å². The van der Waals surface area contributed by atoms with Gasteiger partial charge in [0.1, 0.15) is 0 Å². The molecule has 4 heteroatoms. The van der Waals surface area contributed by atoms with Crippen LogP contribution in [-0.2, 0) is 0 Å². The first-order valence-corrected chi connectivity index (χ1v) is 2.14. The first kappa shape index (κ1) is 4.43. The van der Waals surface area contributed by atoms with Crippen molar-refractivity contribution in [2.45, 2.75) is 18.5 Å². The van der Waals surface area contributed by atoms with Crippen molar-refractivity contribution in [1.29, 1.82) is 0 Å². The van der Waals surface area contributed by atoms with Crippen molar-refractivity contribution in [2.75, 3.05) is 0 Å². The molecule has 1 fully saturated rings. The van der Waals surface area contributed by atoms with E-state index in [0.29, 0.717) is 0 Å². The van der Waals surface area contributed by atoms with Gasteiger partial charge in [-0.25, -0.2) is 0 Å². The lowest BCUT2D eigenvalue weighted by Crippen LogP contribution is -2.02. The Balaban J connectivity index is 2.34. The van der Waals surface area contributed by atoms with Crippen molar-refractivity contribution < 1.29 is 0 Å². The van der Waals surface area contributed by atoms with E-state index in [1.54, 1.807) is 0 Å². The molecule has 1 aliphatic carbocycles. The largest absolute Gasteiger partial charge is 0.327 e. The van der Waals surface area contributed by atoms with Gasteiger partial charge in [-0.15, -0.1) is 0 Å². The average Bonchev–Trinajstić information content (AvgIpc) is 2.22. The predicted molar refractivity (Wildman–Crippen MR) is 25.5 cm³/mol. The summed E-state index contributed by atoms with van der Waals surface area (Å²) < 4.78 is 0. The quantitative estimate of drug-likeness (QED) is 0.287. The molecular formula is C3H6N4. The van der Waals surface area contributed by atoms with Crippen molar-refractivity contribution in [3.05, 3.63) is 10.4 Å². The number of hydrogen-bond acceptors (Lipinski definition) is 2. The molecule has 0 spiro atoms. The third-order valence-electron chi connectivity index (χ3n) is 1.00. The summed E-state index contributed by atoms with van der Waals surface area (Å²) in [5.74, 6) is 0. The third-order valence-corrected chi connectivity index (χ3v) is 1.00. The van der Waals surface area contributed by atoms with Gasteiger partial charge in [-0.2, -0.15) is 0 Å². The van der Waals surface area contributed by atoms with E-state index in [1.165, 1.54) is 0 Å². The van der Waals surface area contributed by atoms with Gasteiger partial charge >= 0.3 is 0 Å². The summed E-state index contributed by atoms with van der Waals surface area (Å²) in [5.41, 5.74) is 13.1. The average molecular weight is 98.1 g/mol. The Morgan fingerprint density at radius 2 is 2.43 bits per heavy atom. The summed E-state index contributed by atoms with van der Waals surface area (Å²) >= 11 is 0. The van der Waals surface area contributed by atoms with Crippen LogP contribution in [0.25, 0.3) is 10.4 Å². The third kappa shape index (κ3) is 0.824. The van der Waals surface area contributed by atoms with Gasteiger partial charge in [-0.1, -0.05) is 5.11 Å². The molecule has 0 aromatic heterocycles. The van der Waals surface area contributed by atoms with E-state index in [-0.39, 0.29) is 12.1 Å². The molecule has 0 radical (unpaired) electrons. The number of hydrogen-bond donors (Lipinski definition) is 1. The molecule has 0 saturated heterocycles. The van der Waals surface area contributed by atoms with Gasteiger partial charge in [0, 0.05) is 11.0 Å². The van der Waals surface area contributed by atoms with Crippen LogP contribution in [0.2, 0.25) is 0 Å². The number of rotatable bonds is 1. The molecule has 1 aliphatic rings. The van der Waals surface area contributed by atoms with Crippen LogP contribution in [0.1, 0.15) is 6.42 Å². The smallest absolute Gasteiger partial charge is 0.0540 e. The van der Waals surface area contributed by atoms with Gasteiger partial charge in [0.15, 0.2) is 0 Å². The van der Waals surface area contributed by atoms with Gasteiger partial charge in [-0.05, 0) is 12.0 Å². The van der Waals surface area contributed by atoms with Crippen molar-refractivity contribution in [1.82, 2.24) is 0 Å². The minimum atomic E-state index is 0.102. The van der Waals surface area contributed by atoms with E-state index in [1.807, 2.05) is 0 Å². The highest BCUT2D eigenvalue weighted by atomic mass is 15.2. The van der Waals surface area contributed by atoms with E-state index >= 15 is 0 Å². The fraction of sp³-hybridized carbons (Fsp3) is 1.00. The molecule has 38 valence electrons. The van der Waals surface area contributed by atoms with Crippen LogP contribution in [0.5, 0.6) is 0 Å². The number of azide groups is 1. The lowest BCUT2D eigenvalue weighted by atomic mass is 10.7. The normalized spacial score (nSPS) is 36.7. The standard InChI is InChI=1S/C3H6N4/c4-2-1-3(2)6-7-5/h2-3H,1,4H2/t2-,3+/m0/s1. The fourth-order valence-corrected chi connectivity index (χ4v) is 0.399. The van der Waals surface area contributed by atoms with E-state index in [0.717, 1.165) is 6.42 Å². The van der Waals surface area contributed by atoms with E-state index in [2.05, 4.69) is 10.0 Å². The van der Waals surface area contributed by atoms with Gasteiger partial charge in [0.2, 0.25) is 0 Å². The second-order valence-corrected chi connectivity index (χ2v) is 1.67. The molecule has 2 N–H and O–H groups in total. The molecule has 0 aromatic rings. The molecule has 0 heterocycles. The second kappa shape index (κ2) is 1.40. The molecule has 1 rings (SSSR count). The zero-order valence-electron chi connectivity index (χ0n) is 3.78. The van der Waals surface area contributed by atoms with Crippen molar-refractivity contribution in [3.63, 3.8) is 0 Å². The first-order chi connectivity index (χ1) is 3.34. The first-order valence-electron chi connectivity index (χ1n) is 2.14. The van der Waals surface area contributed by atoms with Gasteiger partial charge in [0.25, 0.3) is 0 Å². The van der Waals surface area contributed by atoms with E-state index < -0.39 is 0 Å². The summed E-state index contributed by atoms with van der Waals surface area (Å²) in [6, 6.07) is 0.251. The van der Waals surface area contributed by atoms with Crippen LogP contribution in [0.4, 0.5) is 0 Å². The lowest BCUT2D eigenvalue weighted by molar-refractivity contribution is 0.951. The topological polar surface area (TPSA) is 74.8 Å². The summed E-state index contributed by atoms with van der Waals surface area (Å²) in [4.78, 5) is 2.59. The van der Waals surface area contributed by atoms with Gasteiger partial charge in [0.05, 0.1) is 6.04 Å². The van der Waals surface area contributed by atoms with Gasteiger partial charge in [-0.3, -0.25) is 0 Å². The Bertz CT molecular complexity index is 114. The Morgan fingerprint density at radius 3 is 2.57 bits per heavy atom. The van der Waals surface area contributed by atoms with Crippen LogP contribution in [0, 0.1) is 0 Å². The molecule has 1 saturated carbocycles. The maximum absolute atomic E-state index is 7.80. The zero-order valence-corrected chi connectivity index (χ0v) is 3.78. The summed E-state index contributed by atoms with van der Waals surface area (Å²) in [7, 11) is 0. The maximum Gasteiger partial charge on any atom is 0.0540 e. The minimum absolute atomic E-state index is 0.102. The monoisotopic (exact) mass is 98.1 g/mol. The van der Waals surface area contributed by atoms with Crippen molar-refractivity contribution in [3.8, 4) is 0 Å². The molecule has 4 nitrogen and oxygen atoms in total. The summed E-state index contributed by atoms with van der Waals surface area (Å²) in [6.45, 7) is 0. The lowest BCUT2D eigenvalue weighted by Gasteiger charge is -1.72. The van der Waals surface area contributed by atoms with Crippen molar-refractivity contribution >= 4 is 0 Å². The molecule has 0 unspecified atom stereocenters. The minimum Gasteiger partial charge on any atom is -0.327 e. The molecule has 0 aliphatic heterocycles. The molecule has 2 atom stereocenters. The van der Waals surface area contributed by atoms with Crippen LogP contribution in [0.15, 0.2) is 5.11 Å². The number of nitrogens with two attached hydrogens (primary N) is 1. The summed E-state index contributed by atoms with van der Waals surface area (Å²) in [6.07, 6.45) is 0.865. The zero-order chi connectivity index (χ0) is 5.28. The van der Waals surface area contributed by atoms with Crippen LogP contribution in [0.3, 0.4) is 0 Å².